The van der Waals surface area contributed by atoms with Gasteiger partial charge in [0.2, 0.25) is 0 Å². The predicted octanol–water partition coefficient (Wildman–Crippen LogP) is 1.81. The summed E-state index contributed by atoms with van der Waals surface area (Å²) in [5.41, 5.74) is 7.01. The van der Waals surface area contributed by atoms with E-state index in [1.165, 1.54) is 0 Å². The first-order valence-corrected chi connectivity index (χ1v) is 4.52. The summed E-state index contributed by atoms with van der Waals surface area (Å²) in [6.45, 7) is 3.60. The van der Waals surface area contributed by atoms with Gasteiger partial charge in [-0.25, -0.2) is 0 Å². The van der Waals surface area contributed by atoms with Gasteiger partial charge < -0.3 is 10.8 Å². The maximum atomic E-state index is 9.09. The van der Waals surface area contributed by atoms with Crippen LogP contribution in [0.5, 0.6) is 0 Å². The van der Waals surface area contributed by atoms with E-state index in [9.17, 15) is 0 Å². The minimum Gasteiger partial charge on any atom is -0.394 e. The monoisotopic (exact) mass is 199 g/mol. The first kappa shape index (κ1) is 10.5. The van der Waals surface area contributed by atoms with Crippen LogP contribution in [0.1, 0.15) is 18.1 Å². The van der Waals surface area contributed by atoms with Crippen LogP contribution in [0, 0.1) is 6.92 Å². The third kappa shape index (κ3) is 2.02. The molecule has 0 spiro atoms. The van der Waals surface area contributed by atoms with Crippen molar-refractivity contribution in [3.8, 4) is 0 Å². The summed E-state index contributed by atoms with van der Waals surface area (Å²) in [4.78, 5) is 0. The van der Waals surface area contributed by atoms with E-state index in [2.05, 4.69) is 0 Å². The Bertz CT molecular complexity index is 310. The molecule has 1 aromatic rings. The molecule has 1 atom stereocenters. The molecule has 72 valence electrons. The van der Waals surface area contributed by atoms with E-state index in [1.807, 2.05) is 25.1 Å². The molecule has 0 aliphatic carbocycles. The van der Waals surface area contributed by atoms with Gasteiger partial charge in [0.05, 0.1) is 12.1 Å². The van der Waals surface area contributed by atoms with Crippen LogP contribution in [0.3, 0.4) is 0 Å². The molecule has 2 nitrogen and oxygen atoms in total. The highest BCUT2D eigenvalue weighted by molar-refractivity contribution is 6.31. The highest BCUT2D eigenvalue weighted by atomic mass is 35.5. The number of nitrogens with two attached hydrogens (primary N) is 1. The molecular weight excluding hydrogens is 186 g/mol. The summed E-state index contributed by atoms with van der Waals surface area (Å²) < 4.78 is 0. The van der Waals surface area contributed by atoms with Crippen LogP contribution >= 0.6 is 11.6 Å². The highest BCUT2D eigenvalue weighted by Gasteiger charge is 2.22. The Kier molecular flexibility index (Phi) is 2.96. The van der Waals surface area contributed by atoms with E-state index in [0.29, 0.717) is 5.02 Å². The Balaban J connectivity index is 3.22. The van der Waals surface area contributed by atoms with Crippen LogP contribution < -0.4 is 5.73 Å². The molecule has 0 aromatic heterocycles. The molecule has 0 aliphatic rings. The number of aliphatic hydroxyl groups excluding tert-OH is 1. The van der Waals surface area contributed by atoms with Crippen molar-refractivity contribution < 1.29 is 5.11 Å². The molecule has 1 aromatic carbocycles. The Morgan fingerprint density at radius 2 is 2.15 bits per heavy atom. The lowest BCUT2D eigenvalue weighted by molar-refractivity contribution is 0.209. The lowest BCUT2D eigenvalue weighted by Crippen LogP contribution is -2.37. The second kappa shape index (κ2) is 3.66. The molecule has 0 amide bonds. The van der Waals surface area contributed by atoms with Crippen molar-refractivity contribution in [1.29, 1.82) is 0 Å². The van der Waals surface area contributed by atoms with E-state index >= 15 is 0 Å². The van der Waals surface area contributed by atoms with Crippen molar-refractivity contribution in [3.63, 3.8) is 0 Å². The maximum Gasteiger partial charge on any atom is 0.0650 e. The summed E-state index contributed by atoms with van der Waals surface area (Å²) in [5, 5.41) is 9.78. The summed E-state index contributed by atoms with van der Waals surface area (Å²) in [5.74, 6) is 0. The number of hydrogen-bond acceptors (Lipinski definition) is 2. The average Bonchev–Trinajstić information content (AvgIpc) is 2.09. The number of halogens is 1. The van der Waals surface area contributed by atoms with Crippen molar-refractivity contribution in [2.24, 2.45) is 5.73 Å². The summed E-state index contributed by atoms with van der Waals surface area (Å²) >= 11 is 5.94. The first-order chi connectivity index (χ1) is 5.99. The van der Waals surface area contributed by atoms with E-state index in [4.69, 9.17) is 22.4 Å². The molecule has 0 saturated heterocycles. The Morgan fingerprint density at radius 1 is 1.54 bits per heavy atom. The van der Waals surface area contributed by atoms with Gasteiger partial charge in [-0.1, -0.05) is 23.7 Å². The zero-order valence-electron chi connectivity index (χ0n) is 7.84. The molecule has 3 N–H and O–H groups in total. The quantitative estimate of drug-likeness (QED) is 0.763. The van der Waals surface area contributed by atoms with Gasteiger partial charge in [-0.05, 0) is 31.0 Å². The first-order valence-electron chi connectivity index (χ1n) is 4.14. The maximum absolute atomic E-state index is 9.09. The number of aliphatic hydroxyl groups is 1. The van der Waals surface area contributed by atoms with Gasteiger partial charge in [0, 0.05) is 5.02 Å². The summed E-state index contributed by atoms with van der Waals surface area (Å²) in [6.07, 6.45) is 0. The fourth-order valence-corrected chi connectivity index (χ4v) is 1.49. The number of hydrogen-bond donors (Lipinski definition) is 2. The zero-order chi connectivity index (χ0) is 10.1. The van der Waals surface area contributed by atoms with Gasteiger partial charge in [0.1, 0.15) is 0 Å². The molecule has 0 aliphatic heterocycles. The molecule has 3 heteroatoms. The predicted molar refractivity (Wildman–Crippen MR) is 54.8 cm³/mol. The minimum absolute atomic E-state index is 0.0891. The highest BCUT2D eigenvalue weighted by Crippen LogP contribution is 2.26. The van der Waals surface area contributed by atoms with Crippen LogP contribution in [-0.2, 0) is 5.54 Å². The smallest absolute Gasteiger partial charge is 0.0650 e. The Labute approximate surface area is 83.3 Å². The third-order valence-corrected chi connectivity index (χ3v) is 2.62. The van der Waals surface area contributed by atoms with Crippen LogP contribution in [0.2, 0.25) is 5.02 Å². The minimum atomic E-state index is -0.713. The van der Waals surface area contributed by atoms with Crippen molar-refractivity contribution >= 4 is 11.6 Å². The SMILES string of the molecule is Cc1c(Cl)cccc1C(C)(N)CO. The topological polar surface area (TPSA) is 46.2 Å². The van der Waals surface area contributed by atoms with Crippen LogP contribution in [0.4, 0.5) is 0 Å². The fraction of sp³-hybridized carbons (Fsp3) is 0.400. The van der Waals surface area contributed by atoms with E-state index < -0.39 is 5.54 Å². The molecular formula is C10H14ClNO. The molecule has 0 radical (unpaired) electrons. The van der Waals surface area contributed by atoms with Crippen molar-refractivity contribution in [2.45, 2.75) is 19.4 Å². The summed E-state index contributed by atoms with van der Waals surface area (Å²) in [6, 6.07) is 5.54. The van der Waals surface area contributed by atoms with Crippen molar-refractivity contribution in [2.75, 3.05) is 6.61 Å². The molecule has 0 fully saturated rings. The van der Waals surface area contributed by atoms with Crippen LogP contribution in [0.25, 0.3) is 0 Å². The normalized spacial score (nSPS) is 15.5. The lowest BCUT2D eigenvalue weighted by atomic mass is 9.90. The van der Waals surface area contributed by atoms with Gasteiger partial charge in [-0.2, -0.15) is 0 Å². The molecule has 13 heavy (non-hydrogen) atoms. The molecule has 0 heterocycles. The molecule has 1 rings (SSSR count). The fourth-order valence-electron chi connectivity index (χ4n) is 1.31. The average molecular weight is 200 g/mol. The molecule has 1 unspecified atom stereocenters. The Morgan fingerprint density at radius 3 is 2.69 bits per heavy atom. The number of rotatable bonds is 2. The van der Waals surface area contributed by atoms with Gasteiger partial charge in [-0.3, -0.25) is 0 Å². The van der Waals surface area contributed by atoms with E-state index in [1.54, 1.807) is 6.92 Å². The number of benzene rings is 1. The van der Waals surface area contributed by atoms with Gasteiger partial charge in [-0.15, -0.1) is 0 Å². The van der Waals surface area contributed by atoms with Crippen molar-refractivity contribution in [3.05, 3.63) is 34.3 Å². The van der Waals surface area contributed by atoms with E-state index in [-0.39, 0.29) is 6.61 Å². The van der Waals surface area contributed by atoms with E-state index in [0.717, 1.165) is 11.1 Å². The summed E-state index contributed by atoms with van der Waals surface area (Å²) in [7, 11) is 0. The lowest BCUT2D eigenvalue weighted by Gasteiger charge is -2.24. The second-order valence-corrected chi connectivity index (χ2v) is 3.90. The largest absolute Gasteiger partial charge is 0.394 e. The molecule has 0 saturated carbocycles. The Hall–Kier alpha value is -0.570. The van der Waals surface area contributed by atoms with Gasteiger partial charge in [0.15, 0.2) is 0 Å². The van der Waals surface area contributed by atoms with Crippen LogP contribution in [-0.4, -0.2) is 11.7 Å². The van der Waals surface area contributed by atoms with Crippen LogP contribution in [0.15, 0.2) is 18.2 Å². The molecule has 0 bridgehead atoms. The second-order valence-electron chi connectivity index (χ2n) is 3.49. The van der Waals surface area contributed by atoms with Gasteiger partial charge >= 0.3 is 0 Å². The zero-order valence-corrected chi connectivity index (χ0v) is 8.60. The van der Waals surface area contributed by atoms with Crippen molar-refractivity contribution in [1.82, 2.24) is 0 Å². The standard InChI is InChI=1S/C10H14ClNO/c1-7-8(10(2,12)6-13)4-3-5-9(7)11/h3-5,13H,6,12H2,1-2H3. The van der Waals surface area contributed by atoms with Gasteiger partial charge in [0.25, 0.3) is 0 Å². The third-order valence-electron chi connectivity index (χ3n) is 2.21.